The first-order valence-electron chi connectivity index (χ1n) is 11.8. The van der Waals surface area contributed by atoms with Gasteiger partial charge in [0.15, 0.2) is 0 Å². The lowest BCUT2D eigenvalue weighted by molar-refractivity contribution is -0.139. The van der Waals surface area contributed by atoms with Crippen molar-refractivity contribution in [3.8, 4) is 11.4 Å². The number of benzene rings is 2. The second kappa shape index (κ2) is 9.30. The van der Waals surface area contributed by atoms with Gasteiger partial charge < -0.3 is 9.42 Å². The van der Waals surface area contributed by atoms with E-state index in [1.165, 1.54) is 12.1 Å². The lowest BCUT2D eigenvalue weighted by atomic mass is 9.77. The summed E-state index contributed by atoms with van der Waals surface area (Å²) in [7, 11) is 0. The molecule has 0 bridgehead atoms. The van der Waals surface area contributed by atoms with Gasteiger partial charge in [-0.25, -0.2) is 0 Å². The van der Waals surface area contributed by atoms with Gasteiger partial charge >= 0.3 is 6.18 Å². The molecule has 184 valence electrons. The zero-order chi connectivity index (χ0) is 24.6. The number of hydrogen-bond donors (Lipinski definition) is 0. The molecule has 35 heavy (non-hydrogen) atoms. The molecule has 0 N–H and O–H groups in total. The number of aromatic nitrogens is 2. The third-order valence-electron chi connectivity index (χ3n) is 7.31. The molecule has 1 aliphatic heterocycles. The Balaban J connectivity index is 1.25. The highest BCUT2D eigenvalue weighted by Crippen LogP contribution is 2.44. The molecule has 5 rings (SSSR count). The maximum atomic E-state index is 13.7. The quantitative estimate of drug-likeness (QED) is 0.401. The Kier molecular flexibility index (Phi) is 6.34. The van der Waals surface area contributed by atoms with E-state index in [-0.39, 0.29) is 17.6 Å². The van der Waals surface area contributed by atoms with E-state index in [4.69, 9.17) is 16.1 Å². The first kappa shape index (κ1) is 23.9. The number of likely N-dealkylation sites (tertiary alicyclic amines) is 1. The van der Waals surface area contributed by atoms with Crippen LogP contribution in [0.25, 0.3) is 11.4 Å². The maximum absolute atomic E-state index is 13.7. The van der Waals surface area contributed by atoms with Crippen molar-refractivity contribution in [3.63, 3.8) is 0 Å². The zero-order valence-corrected chi connectivity index (χ0v) is 19.8. The number of halogens is 4. The standard InChI is InChI=1S/C26H25ClF3N3O2/c27-21-9-7-19(8-10-21)25(13-1-2-14-25)24(34)33-15-11-18(12-16-33)23-31-22(32-35-23)17-3-5-20(6-4-17)26(28,29)30/h3-10,18H,1-2,11-16H2. The van der Waals surface area contributed by atoms with Crippen molar-refractivity contribution in [2.45, 2.75) is 56.0 Å². The van der Waals surface area contributed by atoms with Crippen molar-refractivity contribution in [2.75, 3.05) is 13.1 Å². The summed E-state index contributed by atoms with van der Waals surface area (Å²) in [6.07, 6.45) is 0.728. The summed E-state index contributed by atoms with van der Waals surface area (Å²) in [6, 6.07) is 12.3. The van der Waals surface area contributed by atoms with Crippen LogP contribution in [0.3, 0.4) is 0 Å². The molecule has 1 saturated carbocycles. The summed E-state index contributed by atoms with van der Waals surface area (Å²) in [5.74, 6) is 0.900. The van der Waals surface area contributed by atoms with Crippen LogP contribution < -0.4 is 0 Å². The average molecular weight is 504 g/mol. The van der Waals surface area contributed by atoms with Gasteiger partial charge in [0, 0.05) is 29.6 Å². The number of piperidine rings is 1. The summed E-state index contributed by atoms with van der Waals surface area (Å²) < 4.78 is 43.9. The monoisotopic (exact) mass is 503 g/mol. The van der Waals surface area contributed by atoms with E-state index >= 15 is 0 Å². The lowest BCUT2D eigenvalue weighted by Gasteiger charge is -2.38. The Labute approximate surface area is 206 Å². The summed E-state index contributed by atoms with van der Waals surface area (Å²) in [5, 5.41) is 4.63. The Morgan fingerprint density at radius 2 is 1.63 bits per heavy atom. The molecule has 9 heteroatoms. The minimum Gasteiger partial charge on any atom is -0.342 e. The van der Waals surface area contributed by atoms with Crippen molar-refractivity contribution in [3.05, 3.63) is 70.6 Å². The normalized spacial score (nSPS) is 18.7. The molecule has 1 aromatic heterocycles. The molecule has 5 nitrogen and oxygen atoms in total. The molecular formula is C26H25ClF3N3O2. The number of amides is 1. The number of rotatable bonds is 4. The minimum absolute atomic E-state index is 0.00445. The molecule has 0 spiro atoms. The predicted molar refractivity (Wildman–Crippen MR) is 125 cm³/mol. The number of nitrogens with zero attached hydrogens (tertiary/aromatic N) is 3. The van der Waals surface area contributed by atoms with Crippen LogP contribution in [0.1, 0.15) is 61.5 Å². The summed E-state index contributed by atoms with van der Waals surface area (Å²) in [6.45, 7) is 1.19. The van der Waals surface area contributed by atoms with Crippen LogP contribution in [0.5, 0.6) is 0 Å². The summed E-state index contributed by atoms with van der Waals surface area (Å²) in [5.41, 5.74) is 0.287. The molecule has 2 aromatic carbocycles. The first-order valence-corrected chi connectivity index (χ1v) is 12.2. The average Bonchev–Trinajstić information content (AvgIpc) is 3.55. The third kappa shape index (κ3) is 4.68. The summed E-state index contributed by atoms with van der Waals surface area (Å²) >= 11 is 6.07. The lowest BCUT2D eigenvalue weighted by Crippen LogP contribution is -2.48. The molecule has 1 amide bonds. The second-order valence-corrected chi connectivity index (χ2v) is 9.83. The van der Waals surface area contributed by atoms with Gasteiger partial charge in [0.05, 0.1) is 11.0 Å². The Morgan fingerprint density at radius 1 is 1.00 bits per heavy atom. The van der Waals surface area contributed by atoms with Gasteiger partial charge in [0.2, 0.25) is 17.6 Å². The van der Waals surface area contributed by atoms with E-state index in [9.17, 15) is 18.0 Å². The van der Waals surface area contributed by atoms with Crippen LogP contribution in [-0.4, -0.2) is 34.0 Å². The number of hydrogen-bond acceptors (Lipinski definition) is 4. The maximum Gasteiger partial charge on any atom is 0.416 e. The second-order valence-electron chi connectivity index (χ2n) is 9.39. The SMILES string of the molecule is O=C(N1CCC(c2nc(-c3ccc(C(F)(F)F)cc3)no2)CC1)C1(c2ccc(Cl)cc2)CCCC1. The summed E-state index contributed by atoms with van der Waals surface area (Å²) in [4.78, 5) is 20.1. The molecule has 2 aliphatic rings. The fourth-order valence-electron chi connectivity index (χ4n) is 5.33. The van der Waals surface area contributed by atoms with Crippen LogP contribution in [0.4, 0.5) is 13.2 Å². The molecule has 3 aromatic rings. The van der Waals surface area contributed by atoms with Crippen molar-refractivity contribution < 1.29 is 22.5 Å². The van der Waals surface area contributed by atoms with E-state index in [0.29, 0.717) is 42.4 Å². The Morgan fingerprint density at radius 3 is 2.23 bits per heavy atom. The predicted octanol–water partition coefficient (Wildman–Crippen LogP) is 6.63. The van der Waals surface area contributed by atoms with Crippen molar-refractivity contribution in [1.82, 2.24) is 15.0 Å². The van der Waals surface area contributed by atoms with Crippen LogP contribution in [0, 0.1) is 0 Å². The molecule has 1 aliphatic carbocycles. The van der Waals surface area contributed by atoms with E-state index in [2.05, 4.69) is 10.1 Å². The van der Waals surface area contributed by atoms with Gasteiger partial charge in [0.1, 0.15) is 0 Å². The molecule has 0 unspecified atom stereocenters. The molecule has 2 fully saturated rings. The molecule has 1 saturated heterocycles. The fourth-order valence-corrected chi connectivity index (χ4v) is 5.46. The zero-order valence-electron chi connectivity index (χ0n) is 19.0. The fraction of sp³-hybridized carbons (Fsp3) is 0.423. The van der Waals surface area contributed by atoms with E-state index < -0.39 is 17.2 Å². The minimum atomic E-state index is -4.39. The molecular weight excluding hydrogens is 479 g/mol. The Bertz CT molecular complexity index is 1180. The van der Waals surface area contributed by atoms with Crippen molar-refractivity contribution >= 4 is 17.5 Å². The highest BCUT2D eigenvalue weighted by molar-refractivity contribution is 6.30. The smallest absolute Gasteiger partial charge is 0.342 e. The van der Waals surface area contributed by atoms with Gasteiger partial charge in [-0.2, -0.15) is 18.2 Å². The van der Waals surface area contributed by atoms with E-state index in [1.54, 1.807) is 0 Å². The largest absolute Gasteiger partial charge is 0.416 e. The molecule has 2 heterocycles. The van der Waals surface area contributed by atoms with Gasteiger partial charge in [-0.15, -0.1) is 0 Å². The van der Waals surface area contributed by atoms with Gasteiger partial charge in [-0.05, 0) is 55.5 Å². The Hall–Kier alpha value is -2.87. The first-order chi connectivity index (χ1) is 16.8. The van der Waals surface area contributed by atoms with Crippen LogP contribution >= 0.6 is 11.6 Å². The highest BCUT2D eigenvalue weighted by Gasteiger charge is 2.45. The number of alkyl halides is 3. The molecule has 0 radical (unpaired) electrons. The van der Waals surface area contributed by atoms with E-state index in [1.807, 2.05) is 29.2 Å². The van der Waals surface area contributed by atoms with Crippen LogP contribution in [0.2, 0.25) is 5.02 Å². The van der Waals surface area contributed by atoms with Gasteiger partial charge in [0.25, 0.3) is 0 Å². The van der Waals surface area contributed by atoms with Gasteiger partial charge in [-0.1, -0.05) is 53.9 Å². The topological polar surface area (TPSA) is 59.2 Å². The van der Waals surface area contributed by atoms with Crippen LogP contribution in [0.15, 0.2) is 53.1 Å². The molecule has 0 atom stereocenters. The number of carbonyl (C=O) groups excluding carboxylic acids is 1. The third-order valence-corrected chi connectivity index (χ3v) is 7.56. The van der Waals surface area contributed by atoms with Crippen molar-refractivity contribution in [2.24, 2.45) is 0 Å². The van der Waals surface area contributed by atoms with E-state index in [0.717, 1.165) is 43.4 Å². The van der Waals surface area contributed by atoms with Gasteiger partial charge in [-0.3, -0.25) is 4.79 Å². The highest BCUT2D eigenvalue weighted by atomic mass is 35.5. The number of carbonyl (C=O) groups is 1. The van der Waals surface area contributed by atoms with Crippen molar-refractivity contribution in [1.29, 1.82) is 0 Å². The van der Waals surface area contributed by atoms with Crippen LogP contribution in [-0.2, 0) is 16.4 Å².